The summed E-state index contributed by atoms with van der Waals surface area (Å²) in [6, 6.07) is 0. The van der Waals surface area contributed by atoms with Crippen LogP contribution in [0.3, 0.4) is 0 Å². The van der Waals surface area contributed by atoms with Crippen LogP contribution in [0.4, 0.5) is 0 Å². The van der Waals surface area contributed by atoms with Crippen LogP contribution in [0, 0.1) is 0 Å². The van der Waals surface area contributed by atoms with Gasteiger partial charge in [0.25, 0.3) is 0 Å². The molecule has 0 unspecified atom stereocenters. The lowest BCUT2D eigenvalue weighted by Gasteiger charge is -1.98. The molecule has 0 amide bonds. The highest BCUT2D eigenvalue weighted by atomic mass is 32.3. The topological polar surface area (TPSA) is 104 Å². The van der Waals surface area contributed by atoms with Crippen LogP contribution in [0.1, 0.15) is 20.8 Å². The molecule has 0 aromatic heterocycles. The van der Waals surface area contributed by atoms with Crippen LogP contribution < -0.4 is 0 Å². The number of carbonyl (C=O) groups excluding carboxylic acids is 1. The van der Waals surface area contributed by atoms with Crippen molar-refractivity contribution < 1.29 is 27.1 Å². The number of carbonyl (C=O) groups is 1. The molecular weight excluding hydrogens is 262 g/mol. The largest absolute Gasteiger partial charge is 0.463 e. The monoisotopic (exact) mass is 285 g/mol. The van der Waals surface area contributed by atoms with E-state index in [1.807, 2.05) is 33.0 Å². The normalized spacial score (nSPS) is 10.8. The molecule has 0 heterocycles. The van der Waals surface area contributed by atoms with Gasteiger partial charge in [0.05, 0.1) is 6.61 Å². The number of hydrogen-bond acceptors (Lipinski definition) is 5. The Morgan fingerprint density at radius 2 is 1.56 bits per heavy atom. The maximum Gasteiger partial charge on any atom is 0.394 e. The van der Waals surface area contributed by atoms with Crippen molar-refractivity contribution in [3.05, 3.63) is 11.6 Å². The van der Waals surface area contributed by atoms with Crippen LogP contribution in [0.25, 0.3) is 0 Å². The second kappa shape index (κ2) is 12.5. The van der Waals surface area contributed by atoms with Gasteiger partial charge in [0, 0.05) is 5.57 Å². The van der Waals surface area contributed by atoms with Crippen molar-refractivity contribution >= 4 is 16.4 Å². The molecule has 0 bridgehead atoms. The van der Waals surface area contributed by atoms with Gasteiger partial charge in [0.2, 0.25) is 0 Å². The predicted molar refractivity (Wildman–Crippen MR) is 69.9 cm³/mol. The molecule has 0 aliphatic rings. The zero-order valence-corrected chi connectivity index (χ0v) is 12.5. The van der Waals surface area contributed by atoms with E-state index in [0.29, 0.717) is 12.2 Å². The quantitative estimate of drug-likeness (QED) is 0.444. The zero-order valence-electron chi connectivity index (χ0n) is 11.7. The molecule has 0 fully saturated rings. The molecule has 0 aliphatic carbocycles. The summed E-state index contributed by atoms with van der Waals surface area (Å²) >= 11 is 0. The lowest BCUT2D eigenvalue weighted by atomic mass is 10.3. The van der Waals surface area contributed by atoms with E-state index in [0.717, 1.165) is 0 Å². The van der Waals surface area contributed by atoms with Crippen molar-refractivity contribution in [3.63, 3.8) is 0 Å². The van der Waals surface area contributed by atoms with E-state index in [1.165, 1.54) is 0 Å². The van der Waals surface area contributed by atoms with Crippen molar-refractivity contribution in [2.24, 2.45) is 0 Å². The Balaban J connectivity index is -0.000000212. The highest BCUT2D eigenvalue weighted by Crippen LogP contribution is 1.94. The Labute approximate surface area is 109 Å². The van der Waals surface area contributed by atoms with E-state index in [9.17, 15) is 4.79 Å². The number of rotatable bonds is 2. The van der Waals surface area contributed by atoms with Crippen LogP contribution in [-0.4, -0.2) is 56.1 Å². The second-order valence-electron chi connectivity index (χ2n) is 3.48. The van der Waals surface area contributed by atoms with Crippen molar-refractivity contribution in [1.82, 2.24) is 4.90 Å². The Kier molecular flexibility index (Phi) is 15.4. The molecule has 0 saturated heterocycles. The maximum atomic E-state index is 10.7. The molecule has 0 aromatic rings. The molecule has 0 radical (unpaired) electrons. The minimum Gasteiger partial charge on any atom is -0.463 e. The number of ether oxygens (including phenoxy) is 1. The summed E-state index contributed by atoms with van der Waals surface area (Å²) in [7, 11) is 1.33. The Bertz CT molecular complexity index is 324. The smallest absolute Gasteiger partial charge is 0.394 e. The summed E-state index contributed by atoms with van der Waals surface area (Å²) in [6.07, 6.45) is 1.73. The van der Waals surface area contributed by atoms with Crippen LogP contribution in [0.2, 0.25) is 0 Å². The third-order valence-electron chi connectivity index (χ3n) is 1.03. The molecule has 0 aliphatic heterocycles. The van der Waals surface area contributed by atoms with Gasteiger partial charge in [-0.15, -0.1) is 0 Å². The third kappa shape index (κ3) is 45.9. The van der Waals surface area contributed by atoms with E-state index in [2.05, 4.69) is 4.74 Å². The molecule has 0 rings (SSSR count). The van der Waals surface area contributed by atoms with Crippen LogP contribution in [0.15, 0.2) is 11.6 Å². The first-order valence-electron chi connectivity index (χ1n) is 5.06. The predicted octanol–water partition coefficient (Wildman–Crippen LogP) is 1.04. The fourth-order valence-corrected chi connectivity index (χ4v) is 0.363. The van der Waals surface area contributed by atoms with Gasteiger partial charge >= 0.3 is 16.4 Å². The van der Waals surface area contributed by atoms with E-state index in [1.54, 1.807) is 19.9 Å². The van der Waals surface area contributed by atoms with Crippen LogP contribution in [-0.2, 0) is 19.9 Å². The molecule has 0 spiro atoms. The van der Waals surface area contributed by atoms with Crippen molar-refractivity contribution in [2.75, 3.05) is 27.7 Å². The molecule has 0 aromatic carbocycles. The molecular formula is C10H23NO6S. The highest BCUT2D eigenvalue weighted by Gasteiger charge is 2.00. The molecule has 7 nitrogen and oxygen atoms in total. The first kappa shape index (κ1) is 22.2. The summed E-state index contributed by atoms with van der Waals surface area (Å²) < 4.78 is 36.3. The Morgan fingerprint density at radius 3 is 1.72 bits per heavy atom. The van der Waals surface area contributed by atoms with Crippen molar-refractivity contribution in [1.29, 1.82) is 0 Å². The summed E-state index contributed by atoms with van der Waals surface area (Å²) in [4.78, 5) is 12.7. The molecule has 0 saturated carbocycles. The lowest BCUT2D eigenvalue weighted by Crippen LogP contribution is -2.04. The van der Waals surface area contributed by atoms with Gasteiger partial charge in [-0.3, -0.25) is 9.11 Å². The van der Waals surface area contributed by atoms with Gasteiger partial charge in [0.15, 0.2) is 0 Å². The minimum atomic E-state index is -4.67. The Hall–Kier alpha value is -0.960. The fourth-order valence-electron chi connectivity index (χ4n) is 0.363. The highest BCUT2D eigenvalue weighted by molar-refractivity contribution is 7.79. The second-order valence-corrected chi connectivity index (χ2v) is 4.38. The Morgan fingerprint density at radius 1 is 1.28 bits per heavy atom. The van der Waals surface area contributed by atoms with E-state index >= 15 is 0 Å². The maximum absolute atomic E-state index is 10.7. The molecule has 110 valence electrons. The van der Waals surface area contributed by atoms with Crippen LogP contribution in [0.5, 0.6) is 0 Å². The van der Waals surface area contributed by atoms with Gasteiger partial charge in [-0.1, -0.05) is 6.08 Å². The van der Waals surface area contributed by atoms with E-state index < -0.39 is 10.4 Å². The summed E-state index contributed by atoms with van der Waals surface area (Å²) in [6.45, 7) is 5.79. The average Bonchev–Trinajstić information content (AvgIpc) is 2.13. The fraction of sp³-hybridized carbons (Fsp3) is 0.700. The van der Waals surface area contributed by atoms with Gasteiger partial charge < -0.3 is 9.64 Å². The number of esters is 1. The van der Waals surface area contributed by atoms with Gasteiger partial charge in [-0.2, -0.15) is 8.42 Å². The molecule has 0 atom stereocenters. The first-order valence-corrected chi connectivity index (χ1v) is 6.46. The van der Waals surface area contributed by atoms with Crippen LogP contribution >= 0.6 is 0 Å². The number of nitrogens with zero attached hydrogens (tertiary/aromatic N) is 1. The summed E-state index contributed by atoms with van der Waals surface area (Å²) in [5.74, 6) is -0.222. The van der Waals surface area contributed by atoms with Gasteiger partial charge in [-0.05, 0) is 41.9 Å². The van der Waals surface area contributed by atoms with E-state index in [4.69, 9.17) is 17.5 Å². The average molecular weight is 285 g/mol. The van der Waals surface area contributed by atoms with Crippen molar-refractivity contribution in [3.8, 4) is 0 Å². The standard InChI is InChI=1S/C7H12O2.C3H9N.H2O4S/c1-4-6(3)7(8)9-5-2;1-4(2)3;1-5(2,3)4/h4H,5H2,1-3H3;1-3H3;(H2,1,2,3,4). The summed E-state index contributed by atoms with van der Waals surface area (Å²) in [5.41, 5.74) is 0.664. The van der Waals surface area contributed by atoms with Gasteiger partial charge in [0.1, 0.15) is 0 Å². The zero-order chi connectivity index (χ0) is 15.4. The summed E-state index contributed by atoms with van der Waals surface area (Å²) in [5, 5.41) is 0. The van der Waals surface area contributed by atoms with Crippen molar-refractivity contribution in [2.45, 2.75) is 20.8 Å². The number of hydrogen-bond donors (Lipinski definition) is 2. The lowest BCUT2D eigenvalue weighted by molar-refractivity contribution is -0.138. The third-order valence-corrected chi connectivity index (χ3v) is 1.03. The molecule has 18 heavy (non-hydrogen) atoms. The van der Waals surface area contributed by atoms with E-state index in [-0.39, 0.29) is 5.97 Å². The number of allylic oxidation sites excluding steroid dienone is 1. The first-order chi connectivity index (χ1) is 7.95. The SMILES string of the molecule is CC=C(C)C(=O)OCC.CN(C)C.O=S(=O)(O)O. The molecule has 2 N–H and O–H groups in total. The van der Waals surface area contributed by atoms with Gasteiger partial charge in [-0.25, -0.2) is 4.79 Å². The molecule has 8 heteroatoms. The minimum absolute atomic E-state index is 0.222.